The van der Waals surface area contributed by atoms with Gasteiger partial charge >= 0.3 is 0 Å². The van der Waals surface area contributed by atoms with Gasteiger partial charge in [-0.1, -0.05) is 12.2 Å². The molecule has 1 aliphatic carbocycles. The molecule has 0 saturated heterocycles. The first-order chi connectivity index (χ1) is 2.77. The van der Waals surface area contributed by atoms with Gasteiger partial charge in [0.2, 0.25) is 0 Å². The summed E-state index contributed by atoms with van der Waals surface area (Å²) in [5.41, 5.74) is -0.139. The molecule has 6 heavy (non-hydrogen) atoms. The molecule has 1 aliphatic rings. The lowest BCUT2D eigenvalue weighted by Crippen LogP contribution is -1.93. The summed E-state index contributed by atoms with van der Waals surface area (Å²) in [6.07, 6.45) is 4.69. The van der Waals surface area contributed by atoms with Crippen LogP contribution in [0.5, 0.6) is 0 Å². The largest absolute Gasteiger partial charge is 0.302 e. The van der Waals surface area contributed by atoms with Crippen LogP contribution in [-0.2, 0) is 4.79 Å². The van der Waals surface area contributed by atoms with Crippen LogP contribution in [0, 0.1) is 5.41 Å². The fraction of sp³-hybridized carbons (Fsp3) is 0.400. The molecule has 1 heteroatoms. The van der Waals surface area contributed by atoms with Crippen molar-refractivity contribution >= 4 is 6.29 Å². The third-order valence-corrected chi connectivity index (χ3v) is 0.946. The quantitative estimate of drug-likeness (QED) is 0.337. The van der Waals surface area contributed by atoms with E-state index < -0.39 is 0 Å². The van der Waals surface area contributed by atoms with Crippen LogP contribution >= 0.6 is 0 Å². The SMILES string of the molecule is CC1(C=O)C=C1. The number of hydrogen-bond acceptors (Lipinski definition) is 1. The molecule has 0 amide bonds. The van der Waals surface area contributed by atoms with Crippen molar-refractivity contribution in [1.82, 2.24) is 0 Å². The lowest BCUT2D eigenvalue weighted by atomic mass is 10.1. The zero-order chi connectivity index (χ0) is 4.62. The Labute approximate surface area is 36.7 Å². The predicted octanol–water partition coefficient (Wildman–Crippen LogP) is 0.761. The Morgan fingerprint density at radius 3 is 2.17 bits per heavy atom. The highest BCUT2D eigenvalue weighted by molar-refractivity contribution is 5.71. The van der Waals surface area contributed by atoms with E-state index in [9.17, 15) is 4.79 Å². The van der Waals surface area contributed by atoms with E-state index in [-0.39, 0.29) is 5.41 Å². The third kappa shape index (κ3) is 0.361. The molecule has 0 N–H and O–H groups in total. The number of rotatable bonds is 1. The summed E-state index contributed by atoms with van der Waals surface area (Å²) in [5, 5.41) is 0. The van der Waals surface area contributed by atoms with Gasteiger partial charge in [-0.2, -0.15) is 0 Å². The van der Waals surface area contributed by atoms with Crippen LogP contribution in [-0.4, -0.2) is 6.29 Å². The van der Waals surface area contributed by atoms with Crippen molar-refractivity contribution in [3.8, 4) is 0 Å². The Kier molecular flexibility index (Phi) is 0.434. The number of aldehydes is 1. The topological polar surface area (TPSA) is 17.1 Å². The first-order valence-corrected chi connectivity index (χ1v) is 1.94. The summed E-state index contributed by atoms with van der Waals surface area (Å²) in [6.45, 7) is 1.88. The summed E-state index contributed by atoms with van der Waals surface area (Å²) < 4.78 is 0. The summed E-state index contributed by atoms with van der Waals surface area (Å²) in [7, 11) is 0. The first kappa shape index (κ1) is 3.59. The number of carbonyl (C=O) groups is 1. The molecule has 1 rings (SSSR count). The smallest absolute Gasteiger partial charge is 0.133 e. The maximum absolute atomic E-state index is 9.83. The fourth-order valence-corrected chi connectivity index (χ4v) is 0.210. The lowest BCUT2D eigenvalue weighted by molar-refractivity contribution is -0.110. The maximum atomic E-state index is 9.83. The van der Waals surface area contributed by atoms with Crippen LogP contribution in [0.25, 0.3) is 0 Å². The molecule has 32 valence electrons. The Morgan fingerprint density at radius 2 is 2.17 bits per heavy atom. The van der Waals surface area contributed by atoms with Crippen molar-refractivity contribution in [3.05, 3.63) is 12.2 Å². The minimum Gasteiger partial charge on any atom is -0.302 e. The van der Waals surface area contributed by atoms with E-state index in [0.717, 1.165) is 6.29 Å². The van der Waals surface area contributed by atoms with Crippen LogP contribution in [0.15, 0.2) is 12.2 Å². The second-order valence-corrected chi connectivity index (χ2v) is 1.82. The summed E-state index contributed by atoms with van der Waals surface area (Å²) >= 11 is 0. The van der Waals surface area contributed by atoms with Crippen molar-refractivity contribution in [2.24, 2.45) is 5.41 Å². The second-order valence-electron chi connectivity index (χ2n) is 1.82. The molecule has 0 aromatic heterocycles. The van der Waals surface area contributed by atoms with Gasteiger partial charge in [-0.25, -0.2) is 0 Å². The Morgan fingerprint density at radius 1 is 1.67 bits per heavy atom. The van der Waals surface area contributed by atoms with Gasteiger partial charge in [0.15, 0.2) is 0 Å². The molecule has 0 bridgehead atoms. The molecule has 0 fully saturated rings. The normalized spacial score (nSPS) is 23.5. The van der Waals surface area contributed by atoms with Gasteiger partial charge in [-0.3, -0.25) is 0 Å². The molecule has 0 spiro atoms. The van der Waals surface area contributed by atoms with E-state index in [4.69, 9.17) is 0 Å². The van der Waals surface area contributed by atoms with Crippen LogP contribution < -0.4 is 0 Å². The molecular formula is C5H6O. The highest BCUT2D eigenvalue weighted by atomic mass is 16.1. The summed E-state index contributed by atoms with van der Waals surface area (Å²) in [4.78, 5) is 9.83. The van der Waals surface area contributed by atoms with Crippen molar-refractivity contribution in [1.29, 1.82) is 0 Å². The average Bonchev–Trinajstić information content (AvgIpc) is 2.22. The van der Waals surface area contributed by atoms with Crippen molar-refractivity contribution < 1.29 is 4.79 Å². The number of carbonyl (C=O) groups excluding carboxylic acids is 1. The highest BCUT2D eigenvalue weighted by Gasteiger charge is 2.25. The van der Waals surface area contributed by atoms with E-state index in [0.29, 0.717) is 0 Å². The van der Waals surface area contributed by atoms with Crippen LogP contribution in [0.2, 0.25) is 0 Å². The maximum Gasteiger partial charge on any atom is 0.133 e. The van der Waals surface area contributed by atoms with Crippen LogP contribution in [0.3, 0.4) is 0 Å². The number of hydrogen-bond donors (Lipinski definition) is 0. The summed E-state index contributed by atoms with van der Waals surface area (Å²) in [6, 6.07) is 0. The van der Waals surface area contributed by atoms with Gasteiger partial charge in [0, 0.05) is 0 Å². The molecule has 0 aliphatic heterocycles. The molecular weight excluding hydrogens is 76.1 g/mol. The van der Waals surface area contributed by atoms with E-state index in [1.54, 1.807) is 0 Å². The van der Waals surface area contributed by atoms with Crippen LogP contribution in [0.1, 0.15) is 6.92 Å². The Hall–Kier alpha value is -0.590. The summed E-state index contributed by atoms with van der Waals surface area (Å²) in [5.74, 6) is 0. The van der Waals surface area contributed by atoms with E-state index in [2.05, 4.69) is 0 Å². The van der Waals surface area contributed by atoms with Crippen molar-refractivity contribution in [2.45, 2.75) is 6.92 Å². The van der Waals surface area contributed by atoms with Gasteiger partial charge in [0.05, 0.1) is 5.41 Å². The molecule has 0 radical (unpaired) electrons. The van der Waals surface area contributed by atoms with Gasteiger partial charge in [-0.05, 0) is 6.92 Å². The van der Waals surface area contributed by atoms with Crippen LogP contribution in [0.4, 0.5) is 0 Å². The standard InChI is InChI=1S/C5H6O/c1-5(4-6)2-3-5/h2-4H,1H3. The molecule has 0 atom stereocenters. The number of allylic oxidation sites excluding steroid dienone is 2. The average molecular weight is 82.1 g/mol. The second kappa shape index (κ2) is 0.725. The third-order valence-electron chi connectivity index (χ3n) is 0.946. The zero-order valence-electron chi connectivity index (χ0n) is 3.64. The van der Waals surface area contributed by atoms with Gasteiger partial charge in [0.1, 0.15) is 6.29 Å². The fourth-order valence-electron chi connectivity index (χ4n) is 0.210. The lowest BCUT2D eigenvalue weighted by Gasteiger charge is -1.87. The molecule has 0 saturated carbocycles. The van der Waals surface area contributed by atoms with E-state index >= 15 is 0 Å². The van der Waals surface area contributed by atoms with Gasteiger partial charge in [-0.15, -0.1) is 0 Å². The molecule has 0 aromatic carbocycles. The minimum absolute atomic E-state index is 0.139. The van der Waals surface area contributed by atoms with E-state index in [1.807, 2.05) is 19.1 Å². The molecule has 1 nitrogen and oxygen atoms in total. The van der Waals surface area contributed by atoms with E-state index in [1.165, 1.54) is 0 Å². The first-order valence-electron chi connectivity index (χ1n) is 1.94. The minimum atomic E-state index is -0.139. The molecule has 0 unspecified atom stereocenters. The Bertz CT molecular complexity index is 96.5. The van der Waals surface area contributed by atoms with Gasteiger partial charge < -0.3 is 4.79 Å². The van der Waals surface area contributed by atoms with Crippen molar-refractivity contribution in [2.75, 3.05) is 0 Å². The highest BCUT2D eigenvalue weighted by Crippen LogP contribution is 2.29. The van der Waals surface area contributed by atoms with Gasteiger partial charge in [0.25, 0.3) is 0 Å². The van der Waals surface area contributed by atoms with Crippen molar-refractivity contribution in [3.63, 3.8) is 0 Å². The predicted molar refractivity (Wildman–Crippen MR) is 23.3 cm³/mol. The Balaban J connectivity index is 2.52. The molecule has 0 aromatic rings. The molecule has 0 heterocycles. The monoisotopic (exact) mass is 82.0 g/mol. The zero-order valence-corrected chi connectivity index (χ0v) is 3.64.